The Labute approximate surface area is 493 Å². The largest absolute Gasteiger partial charge is 0.466 e. The quantitative estimate of drug-likeness (QED) is 0.0320. The molecule has 0 bridgehead atoms. The molecule has 464 valence electrons. The van der Waals surface area contributed by atoms with Crippen LogP contribution >= 0.6 is 0 Å². The minimum Gasteiger partial charge on any atom is -0.466 e. The number of esters is 1. The van der Waals surface area contributed by atoms with E-state index in [4.69, 9.17) is 4.74 Å². The van der Waals surface area contributed by atoms with Crippen molar-refractivity contribution in [2.45, 2.75) is 392 Å². The Kier molecular flexibility index (Phi) is 66.4. The molecule has 2 unspecified atom stereocenters. The normalized spacial score (nSPS) is 12.8. The summed E-state index contributed by atoms with van der Waals surface area (Å²) in [6.07, 6.45) is 89.0. The van der Waals surface area contributed by atoms with Gasteiger partial charge in [0.05, 0.1) is 25.4 Å². The molecule has 1 amide bonds. The summed E-state index contributed by atoms with van der Waals surface area (Å²) in [7, 11) is 0. The van der Waals surface area contributed by atoms with Crippen molar-refractivity contribution in [2.24, 2.45) is 0 Å². The highest BCUT2D eigenvalue weighted by Crippen LogP contribution is 2.18. The number of unbranched alkanes of at least 4 members (excludes halogenated alkanes) is 49. The average Bonchev–Trinajstić information content (AvgIpc) is 3.45. The molecule has 0 aromatic carbocycles. The fraction of sp³-hybridized carbons (Fsp3) is 0.863. The van der Waals surface area contributed by atoms with Crippen LogP contribution < -0.4 is 5.32 Å². The maximum atomic E-state index is 12.5. The number of carbonyl (C=O) groups excluding carboxylic acids is 2. The molecule has 0 heterocycles. The summed E-state index contributed by atoms with van der Waals surface area (Å²) in [5.74, 6) is -0.0744. The van der Waals surface area contributed by atoms with Gasteiger partial charge in [-0.25, -0.2) is 0 Å². The van der Waals surface area contributed by atoms with Crippen molar-refractivity contribution in [3.63, 3.8) is 0 Å². The molecule has 6 nitrogen and oxygen atoms in total. The van der Waals surface area contributed by atoms with Crippen molar-refractivity contribution in [3.05, 3.63) is 48.6 Å². The molecule has 2 atom stereocenters. The van der Waals surface area contributed by atoms with Gasteiger partial charge in [0.2, 0.25) is 5.91 Å². The zero-order valence-corrected chi connectivity index (χ0v) is 53.1. The molecule has 0 saturated heterocycles. The first-order valence-electron chi connectivity index (χ1n) is 35.4. The zero-order chi connectivity index (χ0) is 57.1. The minimum absolute atomic E-state index is 0.00344. The van der Waals surface area contributed by atoms with E-state index in [1.807, 2.05) is 6.08 Å². The van der Waals surface area contributed by atoms with E-state index in [2.05, 4.69) is 55.6 Å². The summed E-state index contributed by atoms with van der Waals surface area (Å²) in [6, 6.07) is -0.635. The summed E-state index contributed by atoms with van der Waals surface area (Å²) >= 11 is 0. The molecule has 0 radical (unpaired) electrons. The van der Waals surface area contributed by atoms with E-state index in [9.17, 15) is 19.8 Å². The van der Waals surface area contributed by atoms with Crippen LogP contribution in [0, 0.1) is 0 Å². The molecule has 0 aliphatic carbocycles. The van der Waals surface area contributed by atoms with Gasteiger partial charge in [0.1, 0.15) is 0 Å². The van der Waals surface area contributed by atoms with E-state index in [0.29, 0.717) is 19.4 Å². The topological polar surface area (TPSA) is 95.9 Å². The lowest BCUT2D eigenvalue weighted by molar-refractivity contribution is -0.143. The van der Waals surface area contributed by atoms with Gasteiger partial charge in [-0.1, -0.05) is 332 Å². The van der Waals surface area contributed by atoms with Crippen molar-refractivity contribution in [3.8, 4) is 0 Å². The first kappa shape index (κ1) is 76.8. The van der Waals surface area contributed by atoms with Crippen LogP contribution in [-0.4, -0.2) is 47.4 Å². The maximum Gasteiger partial charge on any atom is 0.305 e. The van der Waals surface area contributed by atoms with Gasteiger partial charge in [0, 0.05) is 12.8 Å². The number of amides is 1. The maximum absolute atomic E-state index is 12.5. The highest BCUT2D eigenvalue weighted by molar-refractivity contribution is 5.76. The summed E-state index contributed by atoms with van der Waals surface area (Å²) in [6.45, 7) is 4.88. The standard InChI is InChI=1S/C73H137NO5/c1-3-5-7-9-11-13-15-17-19-20-21-22-23-24-26-29-32-35-38-41-45-49-53-57-61-65-71(76)70(69-75)74-72(77)66-62-58-54-50-46-42-39-36-33-30-27-25-28-31-34-37-40-44-48-52-56-60-64-68-79-73(78)67-63-59-55-51-47-43-18-16-14-12-10-8-6-4-2/h10,12,16,18,30,33,61,65,70-71,75-76H,3-9,11,13-15,17,19-29,31-32,34-60,62-64,66-69H2,1-2H3,(H,74,77)/b12-10-,18-16-,33-30-,65-61+. The average molecular weight is 1110 g/mol. The number of carbonyl (C=O) groups is 2. The number of nitrogens with one attached hydrogen (secondary N) is 1. The van der Waals surface area contributed by atoms with Crippen molar-refractivity contribution in [1.29, 1.82) is 0 Å². The van der Waals surface area contributed by atoms with Gasteiger partial charge >= 0.3 is 5.97 Å². The molecule has 0 spiro atoms. The predicted octanol–water partition coefficient (Wildman–Crippen LogP) is 22.9. The number of ether oxygens (including phenoxy) is 1. The number of aliphatic hydroxyl groups excluding tert-OH is 2. The van der Waals surface area contributed by atoms with Crippen LogP contribution in [0.5, 0.6) is 0 Å². The first-order chi connectivity index (χ1) is 39.0. The van der Waals surface area contributed by atoms with Crippen molar-refractivity contribution < 1.29 is 24.5 Å². The molecule has 0 aromatic heterocycles. The molecule has 0 rings (SSSR count). The lowest BCUT2D eigenvalue weighted by Gasteiger charge is -2.20. The van der Waals surface area contributed by atoms with E-state index in [1.165, 1.54) is 295 Å². The second-order valence-corrected chi connectivity index (χ2v) is 24.2. The fourth-order valence-electron chi connectivity index (χ4n) is 10.9. The van der Waals surface area contributed by atoms with E-state index in [1.54, 1.807) is 6.08 Å². The molecule has 79 heavy (non-hydrogen) atoms. The number of hydrogen-bond acceptors (Lipinski definition) is 5. The molecule has 0 aliphatic rings. The highest BCUT2D eigenvalue weighted by Gasteiger charge is 2.18. The van der Waals surface area contributed by atoms with Crippen LogP contribution in [0.2, 0.25) is 0 Å². The van der Waals surface area contributed by atoms with E-state index in [0.717, 1.165) is 57.8 Å². The third kappa shape index (κ3) is 64.8. The SMILES string of the molecule is CCCC/C=C\C/C=C\CCCCCCCC(=O)OCCCCCCCCCCCCCC/C=C\CCCCCCCCCC(=O)NC(CO)C(O)/C=C/CCCCCCCCCCCCCCCCCCCCCCCCC. The van der Waals surface area contributed by atoms with Gasteiger partial charge in [-0.05, 0) is 83.5 Å². The molecule has 3 N–H and O–H groups in total. The van der Waals surface area contributed by atoms with Gasteiger partial charge in [-0.2, -0.15) is 0 Å². The van der Waals surface area contributed by atoms with Gasteiger partial charge in [-0.15, -0.1) is 0 Å². The van der Waals surface area contributed by atoms with E-state index < -0.39 is 12.1 Å². The Morgan fingerprint density at radius 2 is 0.646 bits per heavy atom. The summed E-state index contributed by atoms with van der Waals surface area (Å²) in [5.41, 5.74) is 0. The molecule has 0 aromatic rings. The Hall–Kier alpha value is -2.18. The monoisotopic (exact) mass is 1110 g/mol. The van der Waals surface area contributed by atoms with Crippen LogP contribution in [-0.2, 0) is 14.3 Å². The third-order valence-electron chi connectivity index (χ3n) is 16.3. The molecule has 6 heteroatoms. The third-order valence-corrected chi connectivity index (χ3v) is 16.3. The number of allylic oxidation sites excluding steroid dienone is 7. The molecule has 0 fully saturated rings. The molecule has 0 saturated carbocycles. The van der Waals surface area contributed by atoms with E-state index in [-0.39, 0.29) is 18.5 Å². The first-order valence-corrected chi connectivity index (χ1v) is 35.4. The lowest BCUT2D eigenvalue weighted by atomic mass is 10.0. The second-order valence-electron chi connectivity index (χ2n) is 24.2. The van der Waals surface area contributed by atoms with Crippen LogP contribution in [0.15, 0.2) is 48.6 Å². The minimum atomic E-state index is -0.851. The van der Waals surface area contributed by atoms with Gasteiger partial charge in [0.25, 0.3) is 0 Å². The van der Waals surface area contributed by atoms with Crippen LogP contribution in [0.1, 0.15) is 380 Å². The number of aliphatic hydroxyl groups is 2. The van der Waals surface area contributed by atoms with Crippen LogP contribution in [0.25, 0.3) is 0 Å². The molecule has 0 aliphatic heterocycles. The number of hydrogen-bond donors (Lipinski definition) is 3. The van der Waals surface area contributed by atoms with Gasteiger partial charge in [-0.3, -0.25) is 9.59 Å². The molecular formula is C73H137NO5. The second kappa shape index (κ2) is 68.3. The van der Waals surface area contributed by atoms with Gasteiger partial charge in [0.15, 0.2) is 0 Å². The van der Waals surface area contributed by atoms with Crippen molar-refractivity contribution in [2.75, 3.05) is 13.2 Å². The predicted molar refractivity (Wildman–Crippen MR) is 347 cm³/mol. The van der Waals surface area contributed by atoms with Crippen LogP contribution in [0.4, 0.5) is 0 Å². The van der Waals surface area contributed by atoms with Crippen LogP contribution in [0.3, 0.4) is 0 Å². The Balaban J connectivity index is 3.45. The smallest absolute Gasteiger partial charge is 0.305 e. The Morgan fingerprint density at radius 3 is 1.01 bits per heavy atom. The number of rotatable bonds is 66. The van der Waals surface area contributed by atoms with Crippen molar-refractivity contribution in [1.82, 2.24) is 5.32 Å². The summed E-state index contributed by atoms with van der Waals surface area (Å²) in [5, 5.41) is 23.3. The van der Waals surface area contributed by atoms with E-state index >= 15 is 0 Å². The Bertz CT molecular complexity index is 1320. The van der Waals surface area contributed by atoms with Gasteiger partial charge < -0.3 is 20.3 Å². The van der Waals surface area contributed by atoms with Crippen molar-refractivity contribution >= 4 is 11.9 Å². The summed E-state index contributed by atoms with van der Waals surface area (Å²) < 4.78 is 5.48. The zero-order valence-electron chi connectivity index (χ0n) is 53.1. The summed E-state index contributed by atoms with van der Waals surface area (Å²) in [4.78, 5) is 24.6. The lowest BCUT2D eigenvalue weighted by Crippen LogP contribution is -2.45. The highest BCUT2D eigenvalue weighted by atomic mass is 16.5. The Morgan fingerprint density at radius 1 is 0.354 bits per heavy atom. The fourth-order valence-corrected chi connectivity index (χ4v) is 10.9. The molecular weight excluding hydrogens is 971 g/mol.